The van der Waals surface area contributed by atoms with Crippen LogP contribution in [0.15, 0.2) is 46.9 Å². The molecule has 0 saturated heterocycles. The molecule has 5 nitrogen and oxygen atoms in total. The molecular weight excluding hydrogens is 427 g/mol. The van der Waals surface area contributed by atoms with Crippen molar-refractivity contribution in [3.8, 4) is 5.75 Å². The Balaban J connectivity index is 2.13. The molecule has 2 rings (SSSR count). The van der Waals surface area contributed by atoms with E-state index in [9.17, 15) is 14.0 Å². The van der Waals surface area contributed by atoms with Crippen molar-refractivity contribution >= 4 is 27.7 Å². The first kappa shape index (κ1) is 21.9. The lowest BCUT2D eigenvalue weighted by Gasteiger charge is -2.28. The maximum absolute atomic E-state index is 13.2. The number of aryl methyl sites for hydroxylation is 1. The molecule has 0 aromatic heterocycles. The minimum atomic E-state index is -0.687. The average molecular weight is 451 g/mol. The number of likely N-dealkylation sites (N-methyl/N-ethyl adjacent to an activating group) is 1. The molecule has 150 valence electrons. The lowest BCUT2D eigenvalue weighted by atomic mass is 10.1. The van der Waals surface area contributed by atoms with Crippen molar-refractivity contribution in [3.05, 3.63) is 63.9 Å². The molecule has 28 heavy (non-hydrogen) atoms. The van der Waals surface area contributed by atoms with E-state index >= 15 is 0 Å². The van der Waals surface area contributed by atoms with Gasteiger partial charge >= 0.3 is 0 Å². The second-order valence-electron chi connectivity index (χ2n) is 6.42. The molecule has 0 heterocycles. The number of benzene rings is 2. The molecule has 1 atom stereocenters. The third-order valence-corrected chi connectivity index (χ3v) is 5.17. The second-order valence-corrected chi connectivity index (χ2v) is 7.27. The highest BCUT2D eigenvalue weighted by Crippen LogP contribution is 2.21. The normalized spacial score (nSPS) is 11.6. The van der Waals surface area contributed by atoms with Crippen LogP contribution in [0.25, 0.3) is 0 Å². The molecule has 7 heteroatoms. The number of rotatable bonds is 8. The zero-order valence-corrected chi connectivity index (χ0v) is 17.8. The zero-order valence-electron chi connectivity index (χ0n) is 16.2. The minimum absolute atomic E-state index is 0.181. The Morgan fingerprint density at radius 3 is 2.50 bits per heavy atom. The number of nitrogens with zero attached hydrogens (tertiary/aromatic N) is 1. The highest BCUT2D eigenvalue weighted by Gasteiger charge is 2.26. The van der Waals surface area contributed by atoms with Crippen molar-refractivity contribution in [2.75, 3.05) is 13.2 Å². The highest BCUT2D eigenvalue weighted by molar-refractivity contribution is 9.10. The Kier molecular flexibility index (Phi) is 7.99. The van der Waals surface area contributed by atoms with Crippen LogP contribution < -0.4 is 10.1 Å². The Bertz CT molecular complexity index is 827. The standard InChI is InChI=1S/C21H24BrFN2O3/c1-4-24-21(27)15(3)25(12-16-5-7-17(23)8-6-16)20(26)13-28-18-9-10-19(22)14(2)11-18/h5-11,15H,4,12-13H2,1-3H3,(H,24,27)/t15-/m1/s1. The molecule has 2 aromatic carbocycles. The molecule has 0 spiro atoms. The molecule has 2 amide bonds. The number of hydrogen-bond donors (Lipinski definition) is 1. The van der Waals surface area contributed by atoms with E-state index in [4.69, 9.17) is 4.74 Å². The number of amides is 2. The maximum Gasteiger partial charge on any atom is 0.261 e. The lowest BCUT2D eigenvalue weighted by Crippen LogP contribution is -2.49. The Morgan fingerprint density at radius 1 is 1.21 bits per heavy atom. The summed E-state index contributed by atoms with van der Waals surface area (Å²) in [6.07, 6.45) is 0. The smallest absolute Gasteiger partial charge is 0.261 e. The molecule has 0 bridgehead atoms. The van der Waals surface area contributed by atoms with E-state index in [0.29, 0.717) is 12.3 Å². The topological polar surface area (TPSA) is 58.6 Å². The Labute approximate surface area is 173 Å². The number of ether oxygens (including phenoxy) is 1. The first-order chi connectivity index (χ1) is 13.3. The largest absolute Gasteiger partial charge is 0.484 e. The zero-order chi connectivity index (χ0) is 20.7. The second kappa shape index (κ2) is 10.2. The van der Waals surface area contributed by atoms with Crippen molar-refractivity contribution in [1.82, 2.24) is 10.2 Å². The van der Waals surface area contributed by atoms with Crippen LogP contribution in [0.4, 0.5) is 4.39 Å². The van der Waals surface area contributed by atoms with Crippen LogP contribution in [0.1, 0.15) is 25.0 Å². The summed E-state index contributed by atoms with van der Waals surface area (Å²) >= 11 is 3.42. The molecule has 0 unspecified atom stereocenters. The molecular formula is C21H24BrFN2O3. The summed E-state index contributed by atoms with van der Waals surface area (Å²) in [5, 5.41) is 2.72. The monoisotopic (exact) mass is 450 g/mol. The summed E-state index contributed by atoms with van der Waals surface area (Å²) in [6, 6.07) is 10.6. The van der Waals surface area contributed by atoms with Gasteiger partial charge in [0.1, 0.15) is 17.6 Å². The average Bonchev–Trinajstić information content (AvgIpc) is 2.68. The van der Waals surface area contributed by atoms with E-state index < -0.39 is 6.04 Å². The van der Waals surface area contributed by atoms with Crippen LogP contribution in [0.3, 0.4) is 0 Å². The summed E-state index contributed by atoms with van der Waals surface area (Å²) in [5.74, 6) is -0.366. The fraction of sp³-hybridized carbons (Fsp3) is 0.333. The van der Waals surface area contributed by atoms with Crippen LogP contribution in [0.5, 0.6) is 5.75 Å². The summed E-state index contributed by atoms with van der Waals surface area (Å²) in [6.45, 7) is 5.85. The van der Waals surface area contributed by atoms with Gasteiger partial charge in [0.05, 0.1) is 0 Å². The van der Waals surface area contributed by atoms with Crippen LogP contribution in [-0.2, 0) is 16.1 Å². The number of carbonyl (C=O) groups is 2. The van der Waals surface area contributed by atoms with Gasteiger partial charge in [0.2, 0.25) is 5.91 Å². The molecule has 0 aliphatic carbocycles. The Hall–Kier alpha value is -2.41. The molecule has 2 aromatic rings. The fourth-order valence-corrected chi connectivity index (χ4v) is 2.87. The van der Waals surface area contributed by atoms with Crippen molar-refractivity contribution in [2.45, 2.75) is 33.4 Å². The number of hydrogen-bond acceptors (Lipinski definition) is 3. The predicted molar refractivity (Wildman–Crippen MR) is 109 cm³/mol. The maximum atomic E-state index is 13.2. The summed E-state index contributed by atoms with van der Waals surface area (Å²) in [7, 11) is 0. The van der Waals surface area contributed by atoms with Crippen molar-refractivity contribution in [3.63, 3.8) is 0 Å². The van der Waals surface area contributed by atoms with Crippen LogP contribution in [0, 0.1) is 12.7 Å². The van der Waals surface area contributed by atoms with E-state index in [-0.39, 0.29) is 30.8 Å². The van der Waals surface area contributed by atoms with Crippen LogP contribution in [0.2, 0.25) is 0 Å². The third-order valence-electron chi connectivity index (χ3n) is 4.28. The van der Waals surface area contributed by atoms with Gasteiger partial charge in [-0.05, 0) is 62.2 Å². The summed E-state index contributed by atoms with van der Waals surface area (Å²) < 4.78 is 19.8. The first-order valence-corrected chi connectivity index (χ1v) is 9.81. The van der Waals surface area contributed by atoms with Crippen LogP contribution >= 0.6 is 15.9 Å². The molecule has 0 radical (unpaired) electrons. The third kappa shape index (κ3) is 6.05. The quantitative estimate of drug-likeness (QED) is 0.664. The van der Waals surface area contributed by atoms with Crippen molar-refractivity contribution < 1.29 is 18.7 Å². The summed E-state index contributed by atoms with van der Waals surface area (Å²) in [4.78, 5) is 26.5. The van der Waals surface area contributed by atoms with Crippen LogP contribution in [-0.4, -0.2) is 35.9 Å². The van der Waals surface area contributed by atoms with Gasteiger partial charge in [-0.2, -0.15) is 0 Å². The number of carbonyl (C=O) groups excluding carboxylic acids is 2. The molecule has 0 fully saturated rings. The van der Waals surface area contributed by atoms with Crippen molar-refractivity contribution in [1.29, 1.82) is 0 Å². The van der Waals surface area contributed by atoms with E-state index in [0.717, 1.165) is 15.6 Å². The SMILES string of the molecule is CCNC(=O)[C@@H](C)N(Cc1ccc(F)cc1)C(=O)COc1ccc(Br)c(C)c1. The van der Waals surface area contributed by atoms with Gasteiger partial charge in [0, 0.05) is 17.6 Å². The Morgan fingerprint density at radius 2 is 1.89 bits per heavy atom. The van der Waals surface area contributed by atoms with Gasteiger partial charge in [0.25, 0.3) is 5.91 Å². The van der Waals surface area contributed by atoms with Gasteiger partial charge in [-0.15, -0.1) is 0 Å². The molecule has 1 N–H and O–H groups in total. The van der Waals surface area contributed by atoms with E-state index in [1.807, 2.05) is 26.0 Å². The predicted octanol–water partition coefficient (Wildman–Crippen LogP) is 3.83. The van der Waals surface area contributed by atoms with Gasteiger partial charge in [-0.1, -0.05) is 28.1 Å². The minimum Gasteiger partial charge on any atom is -0.484 e. The molecule has 0 saturated carbocycles. The highest BCUT2D eigenvalue weighted by atomic mass is 79.9. The molecule has 0 aliphatic rings. The lowest BCUT2D eigenvalue weighted by molar-refractivity contribution is -0.142. The van der Waals surface area contributed by atoms with E-state index in [1.165, 1.54) is 17.0 Å². The first-order valence-electron chi connectivity index (χ1n) is 9.02. The van der Waals surface area contributed by atoms with E-state index in [2.05, 4.69) is 21.2 Å². The van der Waals surface area contributed by atoms with E-state index in [1.54, 1.807) is 25.1 Å². The van der Waals surface area contributed by atoms with Gasteiger partial charge in [0.15, 0.2) is 6.61 Å². The molecule has 0 aliphatic heterocycles. The van der Waals surface area contributed by atoms with Crippen molar-refractivity contribution in [2.24, 2.45) is 0 Å². The number of nitrogens with one attached hydrogen (secondary N) is 1. The fourth-order valence-electron chi connectivity index (χ4n) is 2.63. The van der Waals surface area contributed by atoms with Gasteiger partial charge in [-0.25, -0.2) is 4.39 Å². The summed E-state index contributed by atoms with van der Waals surface area (Å²) in [5.41, 5.74) is 1.72. The number of halogens is 2. The van der Waals surface area contributed by atoms with Gasteiger partial charge < -0.3 is 15.0 Å². The van der Waals surface area contributed by atoms with Gasteiger partial charge in [-0.3, -0.25) is 9.59 Å².